The lowest BCUT2D eigenvalue weighted by Gasteiger charge is -2.16. The maximum Gasteiger partial charge on any atom is 0.266 e. The van der Waals surface area contributed by atoms with Gasteiger partial charge in [0.25, 0.3) is 11.8 Å². The van der Waals surface area contributed by atoms with Crippen LogP contribution in [0.5, 0.6) is 5.75 Å². The first-order chi connectivity index (χ1) is 12.6. The van der Waals surface area contributed by atoms with Crippen LogP contribution in [0.3, 0.4) is 0 Å². The van der Waals surface area contributed by atoms with Crippen molar-refractivity contribution < 1.29 is 19.2 Å². The maximum absolute atomic E-state index is 12.9. The Bertz CT molecular complexity index is 906. The second-order valence-corrected chi connectivity index (χ2v) is 6.41. The number of hydrogen-bond donors (Lipinski definition) is 1. The van der Waals surface area contributed by atoms with Crippen molar-refractivity contribution in [1.29, 1.82) is 0 Å². The molecule has 4 rings (SSSR count). The predicted molar refractivity (Wildman–Crippen MR) is 94.9 cm³/mol. The molecule has 0 aliphatic carbocycles. The van der Waals surface area contributed by atoms with Gasteiger partial charge in [-0.25, -0.2) is 0 Å². The highest BCUT2D eigenvalue weighted by Gasteiger charge is 2.49. The molecule has 2 heterocycles. The molecule has 2 aromatic rings. The van der Waals surface area contributed by atoms with Gasteiger partial charge in [-0.15, -0.1) is 0 Å². The Morgan fingerprint density at radius 2 is 1.81 bits per heavy atom. The summed E-state index contributed by atoms with van der Waals surface area (Å²) in [7, 11) is 1.58. The molecule has 0 unspecified atom stereocenters. The third-order valence-electron chi connectivity index (χ3n) is 4.41. The van der Waals surface area contributed by atoms with Gasteiger partial charge in [-0.2, -0.15) is 0 Å². The molecule has 26 heavy (non-hydrogen) atoms. The van der Waals surface area contributed by atoms with Gasteiger partial charge in [0.15, 0.2) is 6.10 Å². The number of rotatable bonds is 4. The maximum atomic E-state index is 12.9. The summed E-state index contributed by atoms with van der Waals surface area (Å²) in [6.45, 7) is 0.179. The van der Waals surface area contributed by atoms with Crippen molar-refractivity contribution in [3.8, 4) is 5.75 Å². The molecule has 6 nitrogen and oxygen atoms in total. The summed E-state index contributed by atoms with van der Waals surface area (Å²) in [6, 6.07) is 14.2. The van der Waals surface area contributed by atoms with E-state index in [2.05, 4.69) is 5.48 Å². The van der Waals surface area contributed by atoms with Gasteiger partial charge < -0.3 is 4.74 Å². The van der Waals surface area contributed by atoms with Crippen molar-refractivity contribution in [2.75, 3.05) is 7.11 Å². The van der Waals surface area contributed by atoms with E-state index >= 15 is 0 Å². The van der Waals surface area contributed by atoms with Crippen molar-refractivity contribution in [2.45, 2.75) is 12.6 Å². The molecule has 1 saturated heterocycles. The van der Waals surface area contributed by atoms with Gasteiger partial charge in [-0.1, -0.05) is 35.9 Å². The highest BCUT2D eigenvalue weighted by Crippen LogP contribution is 2.34. The summed E-state index contributed by atoms with van der Waals surface area (Å²) in [4.78, 5) is 32.0. The van der Waals surface area contributed by atoms with Crippen LogP contribution in [0.2, 0.25) is 5.02 Å². The number of hydroxylamine groups is 1. The Balaban J connectivity index is 1.63. The minimum atomic E-state index is -0.925. The molecule has 0 saturated carbocycles. The van der Waals surface area contributed by atoms with E-state index in [0.29, 0.717) is 22.0 Å². The number of hydrogen-bond acceptors (Lipinski definition) is 5. The molecule has 2 aliphatic rings. The van der Waals surface area contributed by atoms with Crippen LogP contribution in [0.25, 0.3) is 5.70 Å². The van der Waals surface area contributed by atoms with Crippen molar-refractivity contribution in [1.82, 2.24) is 10.4 Å². The van der Waals surface area contributed by atoms with E-state index in [1.807, 2.05) is 12.1 Å². The van der Waals surface area contributed by atoms with Crippen LogP contribution < -0.4 is 10.2 Å². The number of methoxy groups -OCH3 is 1. The summed E-state index contributed by atoms with van der Waals surface area (Å²) in [5, 5.41) is 0.588. The second kappa shape index (κ2) is 6.48. The Kier molecular flexibility index (Phi) is 4.14. The third-order valence-corrected chi connectivity index (χ3v) is 4.66. The monoisotopic (exact) mass is 370 g/mol. The fourth-order valence-electron chi connectivity index (χ4n) is 3.04. The highest BCUT2D eigenvalue weighted by atomic mass is 35.5. The summed E-state index contributed by atoms with van der Waals surface area (Å²) in [5.74, 6) is -0.0204. The topological polar surface area (TPSA) is 67.9 Å². The van der Waals surface area contributed by atoms with Crippen molar-refractivity contribution >= 4 is 29.1 Å². The number of halogens is 1. The van der Waals surface area contributed by atoms with Crippen LogP contribution in [0.1, 0.15) is 11.1 Å². The number of nitrogens with one attached hydrogen (secondary N) is 1. The number of fused-ring (bicyclic) bond motifs is 1. The van der Waals surface area contributed by atoms with E-state index in [1.165, 1.54) is 4.90 Å². The van der Waals surface area contributed by atoms with E-state index in [9.17, 15) is 9.59 Å². The smallest absolute Gasteiger partial charge is 0.266 e. The molecule has 1 N–H and O–H groups in total. The van der Waals surface area contributed by atoms with Gasteiger partial charge in [0, 0.05) is 10.6 Å². The number of benzene rings is 2. The van der Waals surface area contributed by atoms with Crippen LogP contribution in [-0.2, 0) is 21.0 Å². The highest BCUT2D eigenvalue weighted by molar-refractivity contribution is 6.30. The number of amides is 2. The van der Waals surface area contributed by atoms with Gasteiger partial charge in [-0.05, 0) is 29.8 Å². The van der Waals surface area contributed by atoms with Crippen molar-refractivity contribution in [3.63, 3.8) is 0 Å². The largest absolute Gasteiger partial charge is 0.497 e. The van der Waals surface area contributed by atoms with Gasteiger partial charge in [-0.3, -0.25) is 24.8 Å². The lowest BCUT2D eigenvalue weighted by molar-refractivity contribution is -0.144. The number of carbonyl (C=O) groups is 2. The van der Waals surface area contributed by atoms with E-state index in [0.717, 1.165) is 11.1 Å². The van der Waals surface area contributed by atoms with Gasteiger partial charge in [0.1, 0.15) is 5.75 Å². The van der Waals surface area contributed by atoms with E-state index in [4.69, 9.17) is 21.2 Å². The van der Waals surface area contributed by atoms with Gasteiger partial charge in [0.05, 0.1) is 24.9 Å². The number of nitrogens with zero attached hydrogens (tertiary/aromatic N) is 1. The first-order valence-corrected chi connectivity index (χ1v) is 8.36. The van der Waals surface area contributed by atoms with Crippen LogP contribution in [0.15, 0.2) is 54.1 Å². The molecule has 0 radical (unpaired) electrons. The summed E-state index contributed by atoms with van der Waals surface area (Å²) in [5.41, 5.74) is 5.10. The van der Waals surface area contributed by atoms with Crippen LogP contribution in [-0.4, -0.2) is 29.9 Å². The third kappa shape index (κ3) is 2.73. The molecule has 2 amide bonds. The van der Waals surface area contributed by atoms with Crippen molar-refractivity contribution in [3.05, 3.63) is 70.3 Å². The fourth-order valence-corrected chi connectivity index (χ4v) is 3.16. The second-order valence-electron chi connectivity index (χ2n) is 5.97. The van der Waals surface area contributed by atoms with Crippen LogP contribution in [0.4, 0.5) is 0 Å². The molecule has 132 valence electrons. The normalized spacial score (nSPS) is 19.0. The van der Waals surface area contributed by atoms with Crippen molar-refractivity contribution in [2.24, 2.45) is 0 Å². The number of carbonyl (C=O) groups excluding carboxylic acids is 2. The zero-order chi connectivity index (χ0) is 18.3. The molecule has 0 spiro atoms. The minimum Gasteiger partial charge on any atom is -0.497 e. The predicted octanol–water partition coefficient (Wildman–Crippen LogP) is 2.53. The molecular formula is C19H15ClN2O4. The molecule has 1 atom stereocenters. The molecular weight excluding hydrogens is 356 g/mol. The van der Waals surface area contributed by atoms with Gasteiger partial charge in [0.2, 0.25) is 0 Å². The Hall–Kier alpha value is -2.83. The first-order valence-electron chi connectivity index (χ1n) is 7.99. The zero-order valence-corrected chi connectivity index (χ0v) is 14.6. The van der Waals surface area contributed by atoms with E-state index in [1.54, 1.807) is 43.5 Å². The quantitative estimate of drug-likeness (QED) is 0.838. The molecule has 7 heteroatoms. The molecule has 1 fully saturated rings. The average Bonchev–Trinajstić information content (AvgIpc) is 3.19. The number of imide groups is 1. The Morgan fingerprint density at radius 1 is 1.12 bits per heavy atom. The molecule has 0 aromatic heterocycles. The lowest BCUT2D eigenvalue weighted by atomic mass is 10.1. The summed E-state index contributed by atoms with van der Waals surface area (Å²) in [6.07, 6.45) is -0.925. The molecule has 0 bridgehead atoms. The number of likely N-dealkylation sites (tertiary alicyclic amines) is 1. The summed E-state index contributed by atoms with van der Waals surface area (Å²) < 4.78 is 5.12. The Labute approximate surface area is 154 Å². The fraction of sp³-hybridized carbons (Fsp3) is 0.158. The average molecular weight is 371 g/mol. The minimum absolute atomic E-state index is 0.179. The van der Waals surface area contributed by atoms with Crippen LogP contribution >= 0.6 is 11.6 Å². The van der Waals surface area contributed by atoms with Gasteiger partial charge >= 0.3 is 0 Å². The van der Waals surface area contributed by atoms with Crippen LogP contribution in [0, 0.1) is 0 Å². The lowest BCUT2D eigenvalue weighted by Crippen LogP contribution is -2.33. The summed E-state index contributed by atoms with van der Waals surface area (Å²) >= 11 is 5.91. The Morgan fingerprint density at radius 3 is 2.46 bits per heavy atom. The zero-order valence-electron chi connectivity index (χ0n) is 13.9. The van der Waals surface area contributed by atoms with E-state index < -0.39 is 6.10 Å². The molecule has 2 aliphatic heterocycles. The first kappa shape index (κ1) is 16.6. The SMILES string of the molecule is COc1ccc(CN2C(=O)C3=C(c4ccc(Cl)cc4)NO[C@@H]3C2=O)cc1. The molecule has 2 aromatic carbocycles. The van der Waals surface area contributed by atoms with E-state index in [-0.39, 0.29) is 18.4 Å². The standard InChI is InChI=1S/C19H15ClN2O4/c1-25-14-8-2-11(3-9-14)10-22-18(23)15-16(21-26-17(15)19(22)24)12-4-6-13(20)7-5-12/h2-9,17,21H,10H2,1H3/t17-/m0/s1. The number of ether oxygens (including phenoxy) is 1.